The van der Waals surface area contributed by atoms with Crippen molar-refractivity contribution in [2.75, 3.05) is 6.54 Å². The van der Waals surface area contributed by atoms with Crippen LogP contribution in [0.2, 0.25) is 0 Å². The van der Waals surface area contributed by atoms with Gasteiger partial charge in [-0.2, -0.15) is 9.29 Å². The summed E-state index contributed by atoms with van der Waals surface area (Å²) in [6.45, 7) is 4.37. The number of nitrogens with zero attached hydrogens (tertiary/aromatic N) is 4. The molecule has 26 heavy (non-hydrogen) atoms. The van der Waals surface area contributed by atoms with Crippen molar-refractivity contribution in [3.8, 4) is 11.3 Å². The van der Waals surface area contributed by atoms with E-state index in [1.54, 1.807) is 17.5 Å². The van der Waals surface area contributed by atoms with E-state index >= 15 is 0 Å². The molecule has 1 saturated heterocycles. The standard InChI is InChI=1S/C16H18N4O4S2/c1-10(2)15-18-16(24-19-15)12-4-3-7-20(12)26(21,22)14-8-11(9-25-14)13-5-6-17-23-13/h5-6,8-10,12H,3-4,7H2,1-2H3/t12-/m0/s1. The van der Waals surface area contributed by atoms with Crippen molar-refractivity contribution < 1.29 is 17.5 Å². The summed E-state index contributed by atoms with van der Waals surface area (Å²) in [7, 11) is -3.66. The van der Waals surface area contributed by atoms with Gasteiger partial charge in [-0.1, -0.05) is 24.2 Å². The molecule has 0 spiro atoms. The van der Waals surface area contributed by atoms with Crippen LogP contribution < -0.4 is 0 Å². The SMILES string of the molecule is CC(C)c1noc([C@@H]2CCCN2S(=O)(=O)c2cc(-c3ccno3)cs2)n1. The molecule has 0 radical (unpaired) electrons. The topological polar surface area (TPSA) is 102 Å². The molecule has 3 aromatic rings. The molecule has 138 valence electrons. The van der Waals surface area contributed by atoms with Gasteiger partial charge in [-0.05, 0) is 18.9 Å². The third-order valence-electron chi connectivity index (χ3n) is 4.32. The molecule has 0 aliphatic carbocycles. The van der Waals surface area contributed by atoms with E-state index in [0.29, 0.717) is 36.0 Å². The quantitative estimate of drug-likeness (QED) is 0.653. The third kappa shape index (κ3) is 2.97. The normalized spacial score (nSPS) is 18.8. The predicted molar refractivity (Wildman–Crippen MR) is 94.1 cm³/mol. The fourth-order valence-corrected chi connectivity index (χ4v) is 5.90. The van der Waals surface area contributed by atoms with Gasteiger partial charge in [0.25, 0.3) is 10.0 Å². The Balaban J connectivity index is 1.64. The van der Waals surface area contributed by atoms with E-state index < -0.39 is 16.1 Å². The molecular formula is C16H18N4O4S2. The van der Waals surface area contributed by atoms with Crippen molar-refractivity contribution in [2.24, 2.45) is 0 Å². The summed E-state index contributed by atoms with van der Waals surface area (Å²) in [6, 6.07) is 2.89. The number of hydrogen-bond donors (Lipinski definition) is 0. The Kier molecular flexibility index (Phi) is 4.41. The fraction of sp³-hybridized carbons (Fsp3) is 0.438. The molecule has 0 bridgehead atoms. The van der Waals surface area contributed by atoms with Gasteiger partial charge in [-0.3, -0.25) is 0 Å². The van der Waals surface area contributed by atoms with E-state index in [1.165, 1.54) is 10.5 Å². The second kappa shape index (κ2) is 6.60. The van der Waals surface area contributed by atoms with Crippen molar-refractivity contribution in [3.63, 3.8) is 0 Å². The molecule has 8 nitrogen and oxygen atoms in total. The first-order valence-electron chi connectivity index (χ1n) is 8.32. The lowest BCUT2D eigenvalue weighted by Crippen LogP contribution is -2.30. The van der Waals surface area contributed by atoms with Crippen molar-refractivity contribution in [3.05, 3.63) is 35.4 Å². The molecule has 0 saturated carbocycles. The maximum absolute atomic E-state index is 13.1. The second-order valence-electron chi connectivity index (χ2n) is 6.45. The van der Waals surface area contributed by atoms with Crippen LogP contribution >= 0.6 is 11.3 Å². The zero-order valence-corrected chi connectivity index (χ0v) is 16.0. The van der Waals surface area contributed by atoms with Gasteiger partial charge in [0.15, 0.2) is 11.6 Å². The largest absolute Gasteiger partial charge is 0.356 e. The van der Waals surface area contributed by atoms with Gasteiger partial charge in [0.05, 0.1) is 6.20 Å². The monoisotopic (exact) mass is 394 g/mol. The van der Waals surface area contributed by atoms with Crippen molar-refractivity contribution >= 4 is 21.4 Å². The van der Waals surface area contributed by atoms with E-state index in [1.807, 2.05) is 13.8 Å². The number of hydrogen-bond acceptors (Lipinski definition) is 8. The fourth-order valence-electron chi connectivity index (χ4n) is 2.95. The summed E-state index contributed by atoms with van der Waals surface area (Å²) < 4.78 is 38.5. The molecule has 0 unspecified atom stereocenters. The van der Waals surface area contributed by atoms with E-state index in [0.717, 1.165) is 17.8 Å². The molecule has 1 atom stereocenters. The predicted octanol–water partition coefficient (Wildman–Crippen LogP) is 3.44. The first-order valence-corrected chi connectivity index (χ1v) is 10.6. The maximum atomic E-state index is 13.1. The lowest BCUT2D eigenvalue weighted by Gasteiger charge is -2.20. The Morgan fingerprint density at radius 3 is 2.88 bits per heavy atom. The summed E-state index contributed by atoms with van der Waals surface area (Å²) in [6.07, 6.45) is 2.95. The van der Waals surface area contributed by atoms with Crippen molar-refractivity contribution in [1.29, 1.82) is 0 Å². The Morgan fingerprint density at radius 2 is 2.19 bits per heavy atom. The molecule has 1 fully saturated rings. The number of aromatic nitrogens is 3. The summed E-state index contributed by atoms with van der Waals surface area (Å²) >= 11 is 1.16. The summed E-state index contributed by atoms with van der Waals surface area (Å²) in [5.74, 6) is 1.62. The smallest absolute Gasteiger partial charge is 0.253 e. The minimum Gasteiger partial charge on any atom is -0.356 e. The molecule has 4 heterocycles. The molecule has 0 N–H and O–H groups in total. The molecule has 10 heteroatoms. The lowest BCUT2D eigenvalue weighted by atomic mass is 10.2. The first kappa shape index (κ1) is 17.4. The molecule has 3 aromatic heterocycles. The Labute approximate surface area is 154 Å². The van der Waals surface area contributed by atoms with Crippen LogP contribution in [0.3, 0.4) is 0 Å². The molecule has 1 aliphatic heterocycles. The zero-order chi connectivity index (χ0) is 18.3. The van der Waals surface area contributed by atoms with Crippen LogP contribution in [0.5, 0.6) is 0 Å². The van der Waals surface area contributed by atoms with Crippen LogP contribution in [0, 0.1) is 0 Å². The number of thiophene rings is 1. The van der Waals surface area contributed by atoms with E-state index in [-0.39, 0.29) is 10.1 Å². The Morgan fingerprint density at radius 1 is 1.35 bits per heavy atom. The summed E-state index contributed by atoms with van der Waals surface area (Å²) in [5.41, 5.74) is 0.696. The zero-order valence-electron chi connectivity index (χ0n) is 14.3. The van der Waals surface area contributed by atoms with Crippen LogP contribution in [-0.2, 0) is 10.0 Å². The molecular weight excluding hydrogens is 376 g/mol. The van der Waals surface area contributed by atoms with E-state index in [2.05, 4.69) is 15.3 Å². The minimum absolute atomic E-state index is 0.126. The van der Waals surface area contributed by atoms with Crippen LogP contribution in [0.4, 0.5) is 0 Å². The molecule has 1 aliphatic rings. The van der Waals surface area contributed by atoms with Gasteiger partial charge < -0.3 is 9.05 Å². The van der Waals surface area contributed by atoms with Gasteiger partial charge >= 0.3 is 0 Å². The average Bonchev–Trinajstić information content (AvgIpc) is 3.42. The Hall–Kier alpha value is -2.04. The lowest BCUT2D eigenvalue weighted by molar-refractivity contribution is 0.289. The Bertz CT molecular complexity index is 991. The van der Waals surface area contributed by atoms with Crippen LogP contribution in [-0.4, -0.2) is 34.6 Å². The highest BCUT2D eigenvalue weighted by atomic mass is 32.2. The second-order valence-corrected chi connectivity index (χ2v) is 9.48. The highest BCUT2D eigenvalue weighted by molar-refractivity contribution is 7.91. The first-order chi connectivity index (χ1) is 12.5. The average molecular weight is 394 g/mol. The van der Waals surface area contributed by atoms with Gasteiger partial charge in [-0.15, -0.1) is 11.3 Å². The van der Waals surface area contributed by atoms with Crippen molar-refractivity contribution in [1.82, 2.24) is 19.6 Å². The molecule has 0 amide bonds. The third-order valence-corrected chi connectivity index (χ3v) is 7.65. The minimum atomic E-state index is -3.66. The number of rotatable bonds is 5. The summed E-state index contributed by atoms with van der Waals surface area (Å²) in [4.78, 5) is 4.39. The van der Waals surface area contributed by atoms with Crippen LogP contribution in [0.1, 0.15) is 50.4 Å². The molecule has 4 rings (SSSR count). The van der Waals surface area contributed by atoms with E-state index in [9.17, 15) is 8.42 Å². The van der Waals surface area contributed by atoms with Gasteiger partial charge in [0, 0.05) is 29.5 Å². The summed E-state index contributed by atoms with van der Waals surface area (Å²) in [5, 5.41) is 9.37. The highest BCUT2D eigenvalue weighted by Crippen LogP contribution is 2.38. The highest BCUT2D eigenvalue weighted by Gasteiger charge is 2.40. The number of sulfonamides is 1. The van der Waals surface area contributed by atoms with Crippen LogP contribution in [0.15, 0.2) is 37.0 Å². The van der Waals surface area contributed by atoms with E-state index in [4.69, 9.17) is 9.05 Å². The van der Waals surface area contributed by atoms with Crippen molar-refractivity contribution in [2.45, 2.75) is 42.9 Å². The van der Waals surface area contributed by atoms with Crippen LogP contribution in [0.25, 0.3) is 11.3 Å². The van der Waals surface area contributed by atoms with Gasteiger partial charge in [0.1, 0.15) is 10.3 Å². The molecule has 0 aromatic carbocycles. The van der Waals surface area contributed by atoms with Gasteiger partial charge in [0.2, 0.25) is 5.89 Å². The van der Waals surface area contributed by atoms with Gasteiger partial charge in [-0.25, -0.2) is 8.42 Å². The maximum Gasteiger partial charge on any atom is 0.253 e.